The van der Waals surface area contributed by atoms with Crippen molar-refractivity contribution in [1.82, 2.24) is 0 Å². The van der Waals surface area contributed by atoms with E-state index in [1.165, 1.54) is 24.3 Å². The molecular weight excluding hydrogens is 312 g/mol. The Bertz CT molecular complexity index is 380. The lowest BCUT2D eigenvalue weighted by atomic mass is 10.1. The topological polar surface area (TPSA) is 118 Å². The minimum atomic E-state index is -1.13. The summed E-state index contributed by atoms with van der Waals surface area (Å²) in [6, 6.07) is 0. The highest BCUT2D eigenvalue weighted by Crippen LogP contribution is 2.10. The molecule has 6 heteroatoms. The van der Waals surface area contributed by atoms with Crippen LogP contribution in [0.5, 0.6) is 0 Å². The van der Waals surface area contributed by atoms with E-state index >= 15 is 0 Å². The van der Waals surface area contributed by atoms with E-state index in [2.05, 4.69) is 0 Å². The number of carboxylic acids is 1. The third-order valence-corrected chi connectivity index (χ3v) is 3.72. The third kappa shape index (κ3) is 13.2. The van der Waals surface area contributed by atoms with Gasteiger partial charge in [-0.15, -0.1) is 0 Å². The van der Waals surface area contributed by atoms with Gasteiger partial charge in [-0.3, -0.25) is 4.79 Å². The summed E-state index contributed by atoms with van der Waals surface area (Å²) in [5.41, 5.74) is 0. The van der Waals surface area contributed by atoms with Crippen molar-refractivity contribution >= 4 is 5.97 Å². The number of carboxylic acid groups (broad SMARTS) is 1. The van der Waals surface area contributed by atoms with Crippen molar-refractivity contribution < 1.29 is 30.3 Å². The first kappa shape index (κ1) is 22.8. The molecule has 0 aliphatic heterocycles. The van der Waals surface area contributed by atoms with Gasteiger partial charge >= 0.3 is 5.97 Å². The summed E-state index contributed by atoms with van der Waals surface area (Å²) in [4.78, 5) is 10.3. The van der Waals surface area contributed by atoms with Crippen LogP contribution < -0.4 is 0 Å². The van der Waals surface area contributed by atoms with E-state index in [0.717, 1.165) is 25.7 Å². The van der Waals surface area contributed by atoms with Gasteiger partial charge < -0.3 is 25.5 Å². The molecule has 4 atom stereocenters. The number of hydrogen-bond acceptors (Lipinski definition) is 5. The van der Waals surface area contributed by atoms with Crippen molar-refractivity contribution in [3.8, 4) is 0 Å². The summed E-state index contributed by atoms with van der Waals surface area (Å²) >= 11 is 0. The van der Waals surface area contributed by atoms with Gasteiger partial charge in [0.25, 0.3) is 0 Å². The van der Waals surface area contributed by atoms with Crippen LogP contribution in [0.25, 0.3) is 0 Å². The van der Waals surface area contributed by atoms with Crippen LogP contribution in [0.15, 0.2) is 24.3 Å². The Morgan fingerprint density at radius 2 is 1.29 bits per heavy atom. The number of aliphatic hydroxyl groups is 4. The molecule has 0 unspecified atom stereocenters. The monoisotopic (exact) mass is 344 g/mol. The fourth-order valence-corrected chi connectivity index (χ4v) is 2.10. The van der Waals surface area contributed by atoms with Crippen LogP contribution in [0.2, 0.25) is 0 Å². The Balaban J connectivity index is 3.84. The molecule has 0 spiro atoms. The van der Waals surface area contributed by atoms with Gasteiger partial charge in [0.05, 0.1) is 12.2 Å². The van der Waals surface area contributed by atoms with Gasteiger partial charge in [0.1, 0.15) is 12.2 Å². The minimum absolute atomic E-state index is 0.204. The van der Waals surface area contributed by atoms with E-state index in [4.69, 9.17) is 5.11 Å². The maximum Gasteiger partial charge on any atom is 0.303 e. The predicted octanol–water partition coefficient (Wildman–Crippen LogP) is 1.77. The van der Waals surface area contributed by atoms with E-state index in [1.54, 1.807) is 6.92 Å². The summed E-state index contributed by atoms with van der Waals surface area (Å²) < 4.78 is 0. The van der Waals surface area contributed by atoms with Crippen LogP contribution in [0, 0.1) is 0 Å². The van der Waals surface area contributed by atoms with Crippen molar-refractivity contribution in [2.75, 3.05) is 0 Å². The van der Waals surface area contributed by atoms with Crippen LogP contribution in [0.1, 0.15) is 58.3 Å². The van der Waals surface area contributed by atoms with Crippen LogP contribution in [-0.4, -0.2) is 55.9 Å². The average Bonchev–Trinajstić information content (AvgIpc) is 2.55. The van der Waals surface area contributed by atoms with Gasteiger partial charge in [0.15, 0.2) is 0 Å². The Hall–Kier alpha value is -1.21. The van der Waals surface area contributed by atoms with Gasteiger partial charge in [-0.2, -0.15) is 0 Å². The minimum Gasteiger partial charge on any atom is -0.481 e. The number of unbranched alkanes of at least 4 members (excludes halogenated alkanes) is 4. The van der Waals surface area contributed by atoms with Crippen molar-refractivity contribution in [1.29, 1.82) is 0 Å². The van der Waals surface area contributed by atoms with Gasteiger partial charge in [-0.1, -0.05) is 56.9 Å². The highest BCUT2D eigenvalue weighted by molar-refractivity contribution is 5.66. The van der Waals surface area contributed by atoms with E-state index in [1.807, 2.05) is 0 Å². The third-order valence-electron chi connectivity index (χ3n) is 3.72. The molecule has 140 valence electrons. The van der Waals surface area contributed by atoms with Gasteiger partial charge in [0.2, 0.25) is 0 Å². The molecular formula is C18H32O6. The zero-order chi connectivity index (χ0) is 18.4. The first-order chi connectivity index (χ1) is 11.4. The van der Waals surface area contributed by atoms with Crippen LogP contribution in [0.3, 0.4) is 0 Å². The molecule has 0 bridgehead atoms. The largest absolute Gasteiger partial charge is 0.481 e. The summed E-state index contributed by atoms with van der Waals surface area (Å²) in [5, 5.41) is 47.1. The number of aliphatic hydroxyl groups excluding tert-OH is 4. The van der Waals surface area contributed by atoms with E-state index in [0.29, 0.717) is 19.3 Å². The zero-order valence-electron chi connectivity index (χ0n) is 14.4. The summed E-state index contributed by atoms with van der Waals surface area (Å²) in [6.45, 7) is 1.81. The normalized spacial score (nSPS) is 17.2. The average molecular weight is 344 g/mol. The van der Waals surface area contributed by atoms with E-state index in [-0.39, 0.29) is 6.42 Å². The van der Waals surface area contributed by atoms with Crippen LogP contribution >= 0.6 is 0 Å². The molecule has 0 saturated heterocycles. The standard InChI is InChI=1S/C18H32O6/c1-2-14(19)10-12-16(21)17(22)13-11-15(20)8-6-4-3-5-7-9-18(23)24/h10-17,19-22H,2-9H2,1H3,(H,23,24)/b12-10+,13-11+/t14-,15-,16-,17-/m0/s1. The fourth-order valence-electron chi connectivity index (χ4n) is 2.10. The second-order valence-electron chi connectivity index (χ2n) is 5.99. The highest BCUT2D eigenvalue weighted by Gasteiger charge is 2.10. The SMILES string of the molecule is CC[C@H](O)/C=C/[C@H](O)[C@@H](O)/C=C/[C@@H](O)CCCCCCCC(=O)O. The van der Waals surface area contributed by atoms with Crippen molar-refractivity contribution in [3.05, 3.63) is 24.3 Å². The smallest absolute Gasteiger partial charge is 0.303 e. The van der Waals surface area contributed by atoms with Gasteiger partial charge in [0, 0.05) is 6.42 Å². The van der Waals surface area contributed by atoms with Gasteiger partial charge in [-0.25, -0.2) is 0 Å². The van der Waals surface area contributed by atoms with Crippen molar-refractivity contribution in [2.24, 2.45) is 0 Å². The second-order valence-corrected chi connectivity index (χ2v) is 5.99. The molecule has 0 rings (SSSR count). The Morgan fingerprint density at radius 1 is 0.792 bits per heavy atom. The lowest BCUT2D eigenvalue weighted by molar-refractivity contribution is -0.137. The molecule has 0 aromatic rings. The Kier molecular flexibility index (Phi) is 13.4. The Labute approximate surface area is 144 Å². The molecule has 5 N–H and O–H groups in total. The molecule has 0 aromatic heterocycles. The lowest BCUT2D eigenvalue weighted by Gasteiger charge is -2.12. The highest BCUT2D eigenvalue weighted by atomic mass is 16.4. The maximum atomic E-state index is 10.3. The first-order valence-electron chi connectivity index (χ1n) is 8.67. The van der Waals surface area contributed by atoms with Crippen LogP contribution in [-0.2, 0) is 4.79 Å². The molecule has 0 aliphatic carbocycles. The maximum absolute atomic E-state index is 10.3. The molecule has 0 fully saturated rings. The predicted molar refractivity (Wildman–Crippen MR) is 92.6 cm³/mol. The van der Waals surface area contributed by atoms with E-state index in [9.17, 15) is 25.2 Å². The zero-order valence-corrected chi connectivity index (χ0v) is 14.4. The molecule has 0 aromatic carbocycles. The van der Waals surface area contributed by atoms with E-state index < -0.39 is 30.4 Å². The number of rotatable bonds is 14. The van der Waals surface area contributed by atoms with Crippen molar-refractivity contribution in [2.45, 2.75) is 82.7 Å². The lowest BCUT2D eigenvalue weighted by Crippen LogP contribution is -2.22. The molecule has 24 heavy (non-hydrogen) atoms. The van der Waals surface area contributed by atoms with Gasteiger partial charge in [-0.05, 0) is 19.3 Å². The molecule has 0 radical (unpaired) electrons. The molecule has 0 aliphatic rings. The second kappa shape index (κ2) is 14.2. The molecule has 6 nitrogen and oxygen atoms in total. The number of hydrogen-bond donors (Lipinski definition) is 5. The quantitative estimate of drug-likeness (QED) is 0.242. The molecule has 0 heterocycles. The summed E-state index contributed by atoms with van der Waals surface area (Å²) in [5.74, 6) is -0.768. The number of carbonyl (C=O) groups is 1. The molecule has 0 amide bonds. The summed E-state index contributed by atoms with van der Waals surface area (Å²) in [6.07, 6.45) is 7.54. The summed E-state index contributed by atoms with van der Waals surface area (Å²) in [7, 11) is 0. The van der Waals surface area contributed by atoms with Crippen molar-refractivity contribution in [3.63, 3.8) is 0 Å². The first-order valence-corrected chi connectivity index (χ1v) is 8.67. The Morgan fingerprint density at radius 3 is 1.83 bits per heavy atom. The molecule has 0 saturated carbocycles. The number of aliphatic carboxylic acids is 1. The van der Waals surface area contributed by atoms with Crippen LogP contribution in [0.4, 0.5) is 0 Å². The fraction of sp³-hybridized carbons (Fsp3) is 0.722.